The van der Waals surface area contributed by atoms with Gasteiger partial charge in [-0.15, -0.1) is 0 Å². The van der Waals surface area contributed by atoms with Crippen LogP contribution in [0.4, 0.5) is 5.69 Å². The molecular formula is C18H25ClN4O4. The van der Waals surface area contributed by atoms with Crippen LogP contribution in [0.25, 0.3) is 0 Å². The van der Waals surface area contributed by atoms with Gasteiger partial charge in [0.15, 0.2) is 0 Å². The summed E-state index contributed by atoms with van der Waals surface area (Å²) in [5, 5.41) is 3.16. The minimum Gasteiger partial charge on any atom is -0.495 e. The normalized spacial score (nSPS) is 17.2. The van der Waals surface area contributed by atoms with Gasteiger partial charge in [-0.25, -0.2) is 0 Å². The number of carbonyl (C=O) groups is 3. The highest BCUT2D eigenvalue weighted by Crippen LogP contribution is 2.27. The van der Waals surface area contributed by atoms with Gasteiger partial charge in [0.25, 0.3) is 0 Å². The molecule has 1 aromatic rings. The summed E-state index contributed by atoms with van der Waals surface area (Å²) >= 11 is 5.95. The van der Waals surface area contributed by atoms with Gasteiger partial charge >= 0.3 is 0 Å². The van der Waals surface area contributed by atoms with Crippen LogP contribution in [-0.2, 0) is 14.4 Å². The average molecular weight is 397 g/mol. The molecule has 1 aromatic carbocycles. The van der Waals surface area contributed by atoms with Crippen molar-refractivity contribution >= 4 is 35.0 Å². The number of nitrogens with one attached hydrogen (secondary N) is 1. The Morgan fingerprint density at radius 1 is 1.41 bits per heavy atom. The fourth-order valence-electron chi connectivity index (χ4n) is 3.01. The number of ether oxygens (including phenoxy) is 1. The lowest BCUT2D eigenvalue weighted by Gasteiger charge is -2.31. The third kappa shape index (κ3) is 6.11. The summed E-state index contributed by atoms with van der Waals surface area (Å²) in [4.78, 5) is 39.2. The molecule has 1 aliphatic rings. The van der Waals surface area contributed by atoms with Gasteiger partial charge in [-0.2, -0.15) is 0 Å². The number of likely N-dealkylation sites (N-methyl/N-ethyl adjacent to an activating group) is 1. The van der Waals surface area contributed by atoms with Crippen molar-refractivity contribution in [2.45, 2.75) is 12.8 Å². The number of likely N-dealkylation sites (tertiary alicyclic amines) is 1. The molecule has 0 saturated carbocycles. The fourth-order valence-corrected chi connectivity index (χ4v) is 3.19. The average Bonchev–Trinajstić information content (AvgIpc) is 2.62. The van der Waals surface area contributed by atoms with E-state index in [9.17, 15) is 14.4 Å². The molecule has 0 bridgehead atoms. The summed E-state index contributed by atoms with van der Waals surface area (Å²) in [7, 11) is 3.05. The lowest BCUT2D eigenvalue weighted by Crippen LogP contribution is -2.47. The molecule has 3 amide bonds. The minimum absolute atomic E-state index is 0.110. The van der Waals surface area contributed by atoms with Gasteiger partial charge in [-0.3, -0.25) is 19.3 Å². The fraction of sp³-hybridized carbons (Fsp3) is 0.500. The van der Waals surface area contributed by atoms with Gasteiger partial charge < -0.3 is 20.7 Å². The number of primary amides is 1. The summed E-state index contributed by atoms with van der Waals surface area (Å²) in [5.74, 6) is -0.647. The predicted octanol–water partition coefficient (Wildman–Crippen LogP) is 0.943. The number of nitrogens with two attached hydrogens (primary N) is 1. The maximum atomic E-state index is 12.4. The highest BCUT2D eigenvalue weighted by atomic mass is 35.5. The summed E-state index contributed by atoms with van der Waals surface area (Å²) in [6, 6.07) is 4.89. The summed E-state index contributed by atoms with van der Waals surface area (Å²) in [6.07, 6.45) is 1.57. The van der Waals surface area contributed by atoms with Crippen LogP contribution in [0, 0.1) is 5.92 Å². The Balaban J connectivity index is 1.87. The van der Waals surface area contributed by atoms with Crippen LogP contribution in [0.2, 0.25) is 5.02 Å². The number of hydrogen-bond donors (Lipinski definition) is 2. The van der Waals surface area contributed by atoms with Gasteiger partial charge in [0, 0.05) is 18.6 Å². The van der Waals surface area contributed by atoms with E-state index < -0.39 is 0 Å². The molecule has 27 heavy (non-hydrogen) atoms. The van der Waals surface area contributed by atoms with E-state index in [0.29, 0.717) is 23.0 Å². The molecule has 148 valence electrons. The second-order valence-corrected chi connectivity index (χ2v) is 7.06. The number of piperidine rings is 1. The highest BCUT2D eigenvalue weighted by Gasteiger charge is 2.26. The minimum atomic E-state index is -0.361. The SMILES string of the molecule is COc1ccc(Cl)cc1NC(=O)CN(C)C(=O)CN1CCC[C@H](C(N)=O)C1. The number of benzene rings is 1. The lowest BCUT2D eigenvalue weighted by molar-refractivity contribution is -0.135. The monoisotopic (exact) mass is 396 g/mol. The summed E-state index contributed by atoms with van der Waals surface area (Å²) in [5.41, 5.74) is 5.80. The maximum absolute atomic E-state index is 12.4. The quantitative estimate of drug-likeness (QED) is 0.713. The molecule has 0 unspecified atom stereocenters. The van der Waals surface area contributed by atoms with Crippen molar-refractivity contribution in [1.82, 2.24) is 9.80 Å². The number of carbonyl (C=O) groups excluding carboxylic acids is 3. The van der Waals surface area contributed by atoms with Gasteiger partial charge in [0.2, 0.25) is 17.7 Å². The molecule has 0 radical (unpaired) electrons. The smallest absolute Gasteiger partial charge is 0.244 e. The lowest BCUT2D eigenvalue weighted by atomic mass is 9.97. The van der Waals surface area contributed by atoms with Crippen molar-refractivity contribution in [3.05, 3.63) is 23.2 Å². The largest absolute Gasteiger partial charge is 0.495 e. The van der Waals surface area contributed by atoms with Crippen molar-refractivity contribution in [1.29, 1.82) is 0 Å². The number of hydrogen-bond acceptors (Lipinski definition) is 5. The van der Waals surface area contributed by atoms with E-state index in [-0.39, 0.29) is 36.7 Å². The first kappa shape index (κ1) is 21.0. The van der Waals surface area contributed by atoms with Gasteiger partial charge in [0.05, 0.1) is 31.8 Å². The zero-order chi connectivity index (χ0) is 20.0. The maximum Gasteiger partial charge on any atom is 0.244 e. The standard InChI is InChI=1S/C18H25ClN4O4/c1-22(17(25)11-23-7-3-4-12(9-23)18(20)26)10-16(24)21-14-8-13(19)5-6-15(14)27-2/h5-6,8,12H,3-4,7,9-11H2,1-2H3,(H2,20,26)(H,21,24)/t12-/m0/s1. The number of amides is 3. The molecule has 1 fully saturated rings. The van der Waals surface area contributed by atoms with Crippen LogP contribution in [0.15, 0.2) is 18.2 Å². The van der Waals surface area contributed by atoms with Crippen molar-refractivity contribution in [3.8, 4) is 5.75 Å². The van der Waals surface area contributed by atoms with E-state index in [1.165, 1.54) is 12.0 Å². The number of halogens is 1. The Hall–Kier alpha value is -2.32. The van der Waals surface area contributed by atoms with Crippen LogP contribution in [0.1, 0.15) is 12.8 Å². The van der Waals surface area contributed by atoms with Crippen LogP contribution < -0.4 is 15.8 Å². The van der Waals surface area contributed by atoms with E-state index in [1.54, 1.807) is 25.2 Å². The van der Waals surface area contributed by atoms with Gasteiger partial charge in [0.1, 0.15) is 5.75 Å². The zero-order valence-corrected chi connectivity index (χ0v) is 16.3. The molecule has 0 spiro atoms. The molecule has 1 heterocycles. The Morgan fingerprint density at radius 3 is 2.81 bits per heavy atom. The van der Waals surface area contributed by atoms with E-state index in [0.717, 1.165) is 19.4 Å². The highest BCUT2D eigenvalue weighted by molar-refractivity contribution is 6.31. The molecular weight excluding hydrogens is 372 g/mol. The van der Waals surface area contributed by atoms with Crippen molar-refractivity contribution in [2.75, 3.05) is 45.7 Å². The van der Waals surface area contributed by atoms with Gasteiger partial charge in [-0.05, 0) is 37.6 Å². The number of methoxy groups -OCH3 is 1. The molecule has 1 aliphatic heterocycles. The third-order valence-electron chi connectivity index (χ3n) is 4.51. The number of rotatable bonds is 7. The van der Waals surface area contributed by atoms with E-state index in [2.05, 4.69) is 5.32 Å². The molecule has 2 rings (SSSR count). The molecule has 1 atom stereocenters. The first-order chi connectivity index (χ1) is 12.8. The second-order valence-electron chi connectivity index (χ2n) is 6.62. The first-order valence-electron chi connectivity index (χ1n) is 8.69. The Bertz CT molecular complexity index is 713. The van der Waals surface area contributed by atoms with E-state index in [4.69, 9.17) is 22.1 Å². The number of anilines is 1. The van der Waals surface area contributed by atoms with E-state index in [1.807, 2.05) is 4.90 Å². The molecule has 8 nitrogen and oxygen atoms in total. The van der Waals surface area contributed by atoms with E-state index >= 15 is 0 Å². The molecule has 0 aliphatic carbocycles. The Labute approximate surface area is 163 Å². The molecule has 9 heteroatoms. The Kier molecular flexibility index (Phi) is 7.44. The summed E-state index contributed by atoms with van der Waals surface area (Å²) in [6.45, 7) is 1.24. The second kappa shape index (κ2) is 9.57. The molecule has 1 saturated heterocycles. The number of nitrogens with zero attached hydrogens (tertiary/aromatic N) is 2. The van der Waals surface area contributed by atoms with Crippen molar-refractivity contribution in [2.24, 2.45) is 11.7 Å². The Morgan fingerprint density at radius 2 is 2.15 bits per heavy atom. The molecule has 0 aromatic heterocycles. The zero-order valence-electron chi connectivity index (χ0n) is 15.5. The van der Waals surface area contributed by atoms with Crippen molar-refractivity contribution in [3.63, 3.8) is 0 Å². The first-order valence-corrected chi connectivity index (χ1v) is 9.07. The van der Waals surface area contributed by atoms with Crippen LogP contribution in [-0.4, -0.2) is 67.9 Å². The topological polar surface area (TPSA) is 105 Å². The molecule has 3 N–H and O–H groups in total. The van der Waals surface area contributed by atoms with Crippen LogP contribution in [0.5, 0.6) is 5.75 Å². The predicted molar refractivity (Wildman–Crippen MR) is 103 cm³/mol. The van der Waals surface area contributed by atoms with Gasteiger partial charge in [-0.1, -0.05) is 11.6 Å². The van der Waals surface area contributed by atoms with Crippen LogP contribution in [0.3, 0.4) is 0 Å². The third-order valence-corrected chi connectivity index (χ3v) is 4.74. The summed E-state index contributed by atoms with van der Waals surface area (Å²) < 4.78 is 5.19. The van der Waals surface area contributed by atoms with Crippen molar-refractivity contribution < 1.29 is 19.1 Å². The van der Waals surface area contributed by atoms with Crippen LogP contribution >= 0.6 is 11.6 Å².